The van der Waals surface area contributed by atoms with Crippen molar-refractivity contribution >= 4 is 5.82 Å². The Morgan fingerprint density at radius 1 is 1.40 bits per heavy atom. The Hall–Kier alpha value is -1.12. The van der Waals surface area contributed by atoms with Crippen molar-refractivity contribution in [3.05, 3.63) is 24.1 Å². The lowest BCUT2D eigenvalue weighted by molar-refractivity contribution is 0.566. The molecular weight excluding hydrogens is 191 g/mol. The van der Waals surface area contributed by atoms with Gasteiger partial charge in [0.1, 0.15) is 5.82 Å². The minimum Gasteiger partial charge on any atom is -0.354 e. The fourth-order valence-electron chi connectivity index (χ4n) is 2.38. The van der Waals surface area contributed by atoms with E-state index >= 15 is 0 Å². The molecule has 15 heavy (non-hydrogen) atoms. The summed E-state index contributed by atoms with van der Waals surface area (Å²) in [5.74, 6) is 0.397. The molecule has 1 aromatic heterocycles. The lowest BCUT2D eigenvalue weighted by atomic mass is 10.2. The van der Waals surface area contributed by atoms with Crippen LogP contribution in [-0.2, 0) is 0 Å². The summed E-state index contributed by atoms with van der Waals surface area (Å²) < 4.78 is 13.0. The molecule has 0 saturated heterocycles. The van der Waals surface area contributed by atoms with Crippen molar-refractivity contribution in [1.82, 2.24) is 4.98 Å². The zero-order chi connectivity index (χ0) is 10.7. The molecule has 2 rings (SSSR count). The van der Waals surface area contributed by atoms with E-state index in [-0.39, 0.29) is 5.95 Å². The summed E-state index contributed by atoms with van der Waals surface area (Å²) in [5.41, 5.74) is 0. The topological polar surface area (TPSA) is 16.1 Å². The van der Waals surface area contributed by atoms with Crippen LogP contribution in [0.1, 0.15) is 32.6 Å². The molecule has 0 atom stereocenters. The highest BCUT2D eigenvalue weighted by atomic mass is 19.1. The number of hydrogen-bond acceptors (Lipinski definition) is 2. The quantitative estimate of drug-likeness (QED) is 0.710. The van der Waals surface area contributed by atoms with Crippen LogP contribution in [0.25, 0.3) is 0 Å². The van der Waals surface area contributed by atoms with Gasteiger partial charge in [-0.1, -0.05) is 18.9 Å². The molecule has 1 fully saturated rings. The third-order valence-corrected chi connectivity index (χ3v) is 3.10. The number of anilines is 1. The van der Waals surface area contributed by atoms with E-state index in [9.17, 15) is 4.39 Å². The Balaban J connectivity index is 2.18. The second-order valence-corrected chi connectivity index (χ2v) is 4.04. The Morgan fingerprint density at radius 2 is 2.13 bits per heavy atom. The average Bonchev–Trinajstić information content (AvgIpc) is 2.72. The standard InChI is InChI=1S/C12H17FN2/c1-2-15(10-6-3-4-7-10)12-9-5-8-11(13)14-12/h5,8-10H,2-4,6-7H2,1H3. The maximum absolute atomic E-state index is 13.0. The van der Waals surface area contributed by atoms with Crippen molar-refractivity contribution < 1.29 is 4.39 Å². The summed E-state index contributed by atoms with van der Waals surface area (Å²) in [6.45, 7) is 3.01. The number of halogens is 1. The predicted molar refractivity (Wildman–Crippen MR) is 59.5 cm³/mol. The van der Waals surface area contributed by atoms with E-state index in [0.29, 0.717) is 6.04 Å². The second kappa shape index (κ2) is 4.60. The van der Waals surface area contributed by atoms with Gasteiger partial charge in [-0.3, -0.25) is 0 Å². The van der Waals surface area contributed by atoms with E-state index in [4.69, 9.17) is 0 Å². The minimum absolute atomic E-state index is 0.385. The van der Waals surface area contributed by atoms with Crippen LogP contribution >= 0.6 is 0 Å². The van der Waals surface area contributed by atoms with Gasteiger partial charge in [-0.25, -0.2) is 4.98 Å². The zero-order valence-electron chi connectivity index (χ0n) is 9.12. The highest BCUT2D eigenvalue weighted by Crippen LogP contribution is 2.26. The fraction of sp³-hybridized carbons (Fsp3) is 0.583. The first kappa shape index (κ1) is 10.4. The largest absolute Gasteiger partial charge is 0.354 e. The van der Waals surface area contributed by atoms with Crippen LogP contribution in [0.5, 0.6) is 0 Å². The first-order valence-electron chi connectivity index (χ1n) is 5.70. The van der Waals surface area contributed by atoms with Gasteiger partial charge >= 0.3 is 0 Å². The van der Waals surface area contributed by atoms with Gasteiger partial charge in [0, 0.05) is 12.6 Å². The first-order chi connectivity index (χ1) is 7.31. The van der Waals surface area contributed by atoms with Crippen molar-refractivity contribution in [2.45, 2.75) is 38.6 Å². The molecule has 0 spiro atoms. The number of nitrogens with zero attached hydrogens (tertiary/aromatic N) is 2. The Kier molecular flexibility index (Phi) is 3.19. The van der Waals surface area contributed by atoms with Crippen molar-refractivity contribution in [3.8, 4) is 0 Å². The molecule has 1 aliphatic carbocycles. The van der Waals surface area contributed by atoms with Crippen molar-refractivity contribution in [2.75, 3.05) is 11.4 Å². The summed E-state index contributed by atoms with van der Waals surface area (Å²) in [6.07, 6.45) is 5.00. The van der Waals surface area contributed by atoms with Crippen LogP contribution in [0.15, 0.2) is 18.2 Å². The maximum atomic E-state index is 13.0. The van der Waals surface area contributed by atoms with Crippen LogP contribution < -0.4 is 4.90 Å². The van der Waals surface area contributed by atoms with Crippen LogP contribution in [0.3, 0.4) is 0 Å². The molecule has 1 heterocycles. The number of rotatable bonds is 3. The average molecular weight is 208 g/mol. The molecular formula is C12H17FN2. The van der Waals surface area contributed by atoms with Crippen molar-refractivity contribution in [1.29, 1.82) is 0 Å². The lowest BCUT2D eigenvalue weighted by Gasteiger charge is -2.28. The smallest absolute Gasteiger partial charge is 0.214 e. The molecule has 0 amide bonds. The van der Waals surface area contributed by atoms with E-state index < -0.39 is 0 Å². The second-order valence-electron chi connectivity index (χ2n) is 4.04. The van der Waals surface area contributed by atoms with E-state index in [1.54, 1.807) is 6.07 Å². The predicted octanol–water partition coefficient (Wildman–Crippen LogP) is 2.99. The molecule has 0 unspecified atom stereocenters. The van der Waals surface area contributed by atoms with E-state index in [0.717, 1.165) is 12.4 Å². The summed E-state index contributed by atoms with van der Waals surface area (Å²) in [6, 6.07) is 5.58. The van der Waals surface area contributed by atoms with Crippen molar-refractivity contribution in [3.63, 3.8) is 0 Å². The summed E-state index contributed by atoms with van der Waals surface area (Å²) in [7, 11) is 0. The van der Waals surface area contributed by atoms with Crippen LogP contribution in [0.2, 0.25) is 0 Å². The molecule has 3 heteroatoms. The third kappa shape index (κ3) is 2.28. The van der Waals surface area contributed by atoms with Crippen molar-refractivity contribution in [2.24, 2.45) is 0 Å². The lowest BCUT2D eigenvalue weighted by Crippen LogP contribution is -2.33. The number of hydrogen-bond donors (Lipinski definition) is 0. The minimum atomic E-state index is -0.385. The summed E-state index contributed by atoms with van der Waals surface area (Å²) in [5, 5.41) is 0. The van der Waals surface area contributed by atoms with Crippen LogP contribution in [0, 0.1) is 5.95 Å². The Morgan fingerprint density at radius 3 is 2.73 bits per heavy atom. The van der Waals surface area contributed by atoms with Gasteiger partial charge in [0.25, 0.3) is 0 Å². The Labute approximate surface area is 90.1 Å². The molecule has 0 aliphatic heterocycles. The molecule has 0 radical (unpaired) electrons. The van der Waals surface area contributed by atoms with Gasteiger partial charge < -0.3 is 4.90 Å². The number of pyridine rings is 1. The Bertz CT molecular complexity index is 321. The maximum Gasteiger partial charge on any atom is 0.214 e. The molecule has 2 nitrogen and oxygen atoms in total. The van der Waals surface area contributed by atoms with Gasteiger partial charge in [-0.05, 0) is 31.9 Å². The highest BCUT2D eigenvalue weighted by Gasteiger charge is 2.22. The van der Waals surface area contributed by atoms with Gasteiger partial charge in [0.2, 0.25) is 5.95 Å². The van der Waals surface area contributed by atoms with Gasteiger partial charge in [-0.15, -0.1) is 0 Å². The molecule has 0 N–H and O–H groups in total. The SMILES string of the molecule is CCN(c1cccc(F)n1)C1CCCC1. The van der Waals surface area contributed by atoms with Gasteiger partial charge in [0.15, 0.2) is 0 Å². The van der Waals surface area contributed by atoms with E-state index in [1.807, 2.05) is 6.07 Å². The van der Waals surface area contributed by atoms with E-state index in [2.05, 4.69) is 16.8 Å². The first-order valence-corrected chi connectivity index (χ1v) is 5.70. The molecule has 1 aliphatic rings. The van der Waals surface area contributed by atoms with Gasteiger partial charge in [-0.2, -0.15) is 4.39 Å². The highest BCUT2D eigenvalue weighted by molar-refractivity contribution is 5.39. The van der Waals surface area contributed by atoms with Crippen LogP contribution in [0.4, 0.5) is 10.2 Å². The molecule has 0 bridgehead atoms. The normalized spacial score (nSPS) is 16.9. The zero-order valence-corrected chi connectivity index (χ0v) is 9.12. The van der Waals surface area contributed by atoms with Gasteiger partial charge in [0.05, 0.1) is 0 Å². The molecule has 1 saturated carbocycles. The summed E-state index contributed by atoms with van der Waals surface area (Å²) >= 11 is 0. The fourth-order valence-corrected chi connectivity index (χ4v) is 2.38. The monoisotopic (exact) mass is 208 g/mol. The summed E-state index contributed by atoms with van der Waals surface area (Å²) in [4.78, 5) is 6.17. The third-order valence-electron chi connectivity index (χ3n) is 3.10. The van der Waals surface area contributed by atoms with Crippen LogP contribution in [-0.4, -0.2) is 17.6 Å². The van der Waals surface area contributed by atoms with E-state index in [1.165, 1.54) is 31.7 Å². The molecule has 0 aromatic carbocycles. The number of aromatic nitrogens is 1. The molecule has 82 valence electrons. The molecule has 1 aromatic rings.